The van der Waals surface area contributed by atoms with Crippen LogP contribution in [0, 0.1) is 5.92 Å². The van der Waals surface area contributed by atoms with Crippen molar-refractivity contribution in [3.63, 3.8) is 0 Å². The van der Waals surface area contributed by atoms with Gasteiger partial charge in [0.1, 0.15) is 5.54 Å². The monoisotopic (exact) mass is 286 g/mol. The summed E-state index contributed by atoms with van der Waals surface area (Å²) in [6.45, 7) is 12.3. The molecule has 0 saturated heterocycles. The van der Waals surface area contributed by atoms with Crippen molar-refractivity contribution in [2.75, 3.05) is 20.1 Å². The van der Waals surface area contributed by atoms with Crippen LogP contribution in [-0.2, 0) is 4.79 Å². The van der Waals surface area contributed by atoms with Crippen LogP contribution in [0.1, 0.15) is 60.3 Å². The third-order valence-corrected chi connectivity index (χ3v) is 3.99. The Labute approximate surface area is 124 Å². The average molecular weight is 286 g/mol. The van der Waals surface area contributed by atoms with E-state index in [-0.39, 0.29) is 0 Å². The van der Waals surface area contributed by atoms with Crippen molar-refractivity contribution in [2.24, 2.45) is 5.92 Å². The Morgan fingerprint density at radius 2 is 1.95 bits per heavy atom. The van der Waals surface area contributed by atoms with Gasteiger partial charge in [0.2, 0.25) is 0 Å². The van der Waals surface area contributed by atoms with Gasteiger partial charge in [-0.3, -0.25) is 4.79 Å². The molecule has 0 aromatic heterocycles. The molecular formula is C16H34N2O2. The molecule has 0 aromatic carbocycles. The first-order chi connectivity index (χ1) is 9.23. The molecule has 4 heteroatoms. The molecule has 4 nitrogen and oxygen atoms in total. The molecule has 0 amide bonds. The fourth-order valence-electron chi connectivity index (χ4n) is 2.44. The van der Waals surface area contributed by atoms with Gasteiger partial charge in [-0.15, -0.1) is 0 Å². The zero-order valence-electron chi connectivity index (χ0n) is 14.2. The predicted octanol–water partition coefficient (Wildman–Crippen LogP) is 2.98. The molecule has 0 aliphatic rings. The number of nitrogens with one attached hydrogen (secondary N) is 1. The smallest absolute Gasteiger partial charge is 0.323 e. The van der Waals surface area contributed by atoms with Gasteiger partial charge in [0.05, 0.1) is 0 Å². The van der Waals surface area contributed by atoms with Crippen molar-refractivity contribution in [2.45, 2.75) is 71.9 Å². The van der Waals surface area contributed by atoms with E-state index in [0.29, 0.717) is 18.4 Å². The number of aliphatic carboxylic acids is 1. The summed E-state index contributed by atoms with van der Waals surface area (Å²) < 4.78 is 0. The van der Waals surface area contributed by atoms with Crippen molar-refractivity contribution >= 4 is 5.97 Å². The Morgan fingerprint density at radius 1 is 1.35 bits per heavy atom. The Morgan fingerprint density at radius 3 is 2.40 bits per heavy atom. The maximum absolute atomic E-state index is 11.4. The second-order valence-electron chi connectivity index (χ2n) is 6.63. The molecule has 2 N–H and O–H groups in total. The third-order valence-electron chi connectivity index (χ3n) is 3.99. The third kappa shape index (κ3) is 7.25. The first-order valence-corrected chi connectivity index (χ1v) is 7.91. The van der Waals surface area contributed by atoms with Crippen LogP contribution in [0.25, 0.3) is 0 Å². The second kappa shape index (κ2) is 9.35. The van der Waals surface area contributed by atoms with Gasteiger partial charge in [0.15, 0.2) is 0 Å². The lowest BCUT2D eigenvalue weighted by Crippen LogP contribution is -2.50. The molecule has 0 fully saturated rings. The summed E-state index contributed by atoms with van der Waals surface area (Å²) in [7, 11) is 2.13. The number of hydrogen-bond acceptors (Lipinski definition) is 3. The summed E-state index contributed by atoms with van der Waals surface area (Å²) in [6.07, 6.45) is 3.70. The Kier molecular flexibility index (Phi) is 9.06. The molecule has 0 spiro atoms. The van der Waals surface area contributed by atoms with Gasteiger partial charge < -0.3 is 15.3 Å². The van der Waals surface area contributed by atoms with Gasteiger partial charge in [-0.2, -0.15) is 0 Å². The number of carboxylic acids is 1. The highest BCUT2D eigenvalue weighted by Crippen LogP contribution is 2.15. The van der Waals surface area contributed by atoms with Crippen LogP contribution in [0.5, 0.6) is 0 Å². The van der Waals surface area contributed by atoms with Crippen molar-refractivity contribution in [3.05, 3.63) is 0 Å². The van der Waals surface area contributed by atoms with Gasteiger partial charge in [-0.1, -0.05) is 20.8 Å². The van der Waals surface area contributed by atoms with Crippen LogP contribution < -0.4 is 5.32 Å². The highest BCUT2D eigenvalue weighted by Gasteiger charge is 2.31. The fourth-order valence-corrected chi connectivity index (χ4v) is 2.44. The van der Waals surface area contributed by atoms with E-state index in [1.165, 1.54) is 6.42 Å². The molecule has 0 radical (unpaired) electrons. The summed E-state index contributed by atoms with van der Waals surface area (Å²) >= 11 is 0. The first-order valence-electron chi connectivity index (χ1n) is 7.91. The van der Waals surface area contributed by atoms with E-state index in [0.717, 1.165) is 25.9 Å². The van der Waals surface area contributed by atoms with Gasteiger partial charge in [-0.05, 0) is 65.6 Å². The lowest BCUT2D eigenvalue weighted by Gasteiger charge is -2.29. The summed E-state index contributed by atoms with van der Waals surface area (Å²) in [5.41, 5.74) is -0.794. The zero-order valence-corrected chi connectivity index (χ0v) is 14.2. The van der Waals surface area contributed by atoms with Crippen molar-refractivity contribution < 1.29 is 9.90 Å². The summed E-state index contributed by atoms with van der Waals surface area (Å²) in [6, 6.07) is 0.551. The molecular weight excluding hydrogens is 252 g/mol. The van der Waals surface area contributed by atoms with Crippen LogP contribution in [0.15, 0.2) is 0 Å². The normalized spacial score (nSPS) is 16.4. The van der Waals surface area contributed by atoms with Crippen LogP contribution in [0.2, 0.25) is 0 Å². The van der Waals surface area contributed by atoms with Crippen molar-refractivity contribution in [1.29, 1.82) is 0 Å². The van der Waals surface area contributed by atoms with E-state index in [9.17, 15) is 9.90 Å². The standard InChI is InChI=1S/C16H34N2O2/c1-7-10-17-16(5,15(19)20)9-8-11-18(6)14(4)12-13(2)3/h13-14,17H,7-12H2,1-6H3,(H,19,20). The Bertz CT molecular complexity index is 282. The number of carboxylic acid groups (broad SMARTS) is 1. The second-order valence-corrected chi connectivity index (χ2v) is 6.63. The number of rotatable bonds is 11. The topological polar surface area (TPSA) is 52.6 Å². The SMILES string of the molecule is CCCNC(C)(CCCN(C)C(C)CC(C)C)C(=O)O. The van der Waals surface area contributed by atoms with Crippen molar-refractivity contribution in [3.8, 4) is 0 Å². The number of nitrogens with zero attached hydrogens (tertiary/aromatic N) is 1. The molecule has 0 saturated carbocycles. The highest BCUT2D eigenvalue weighted by molar-refractivity contribution is 5.78. The summed E-state index contributed by atoms with van der Waals surface area (Å²) in [5.74, 6) is -0.0493. The maximum Gasteiger partial charge on any atom is 0.323 e. The van der Waals surface area contributed by atoms with E-state index in [1.807, 2.05) is 0 Å². The summed E-state index contributed by atoms with van der Waals surface area (Å²) in [4.78, 5) is 13.7. The molecule has 0 rings (SSSR count). The highest BCUT2D eigenvalue weighted by atomic mass is 16.4. The van der Waals surface area contributed by atoms with Gasteiger partial charge >= 0.3 is 5.97 Å². The number of hydrogen-bond donors (Lipinski definition) is 2. The fraction of sp³-hybridized carbons (Fsp3) is 0.938. The molecule has 0 aromatic rings. The van der Waals surface area contributed by atoms with Crippen molar-refractivity contribution in [1.82, 2.24) is 10.2 Å². The lowest BCUT2D eigenvalue weighted by atomic mass is 9.95. The average Bonchev–Trinajstić information content (AvgIpc) is 2.35. The van der Waals surface area contributed by atoms with Gasteiger partial charge in [0, 0.05) is 6.04 Å². The zero-order chi connectivity index (χ0) is 15.8. The quantitative estimate of drug-likeness (QED) is 0.613. The molecule has 2 atom stereocenters. The lowest BCUT2D eigenvalue weighted by molar-refractivity contribution is -0.144. The number of carbonyl (C=O) groups is 1. The first kappa shape index (κ1) is 19.4. The Hall–Kier alpha value is -0.610. The van der Waals surface area contributed by atoms with Crippen LogP contribution >= 0.6 is 0 Å². The predicted molar refractivity (Wildman–Crippen MR) is 85.1 cm³/mol. The molecule has 0 bridgehead atoms. The minimum atomic E-state index is -0.794. The minimum Gasteiger partial charge on any atom is -0.480 e. The molecule has 0 aliphatic carbocycles. The maximum atomic E-state index is 11.4. The minimum absolute atomic E-state index is 0.551. The van der Waals surface area contributed by atoms with Crippen LogP contribution in [0.4, 0.5) is 0 Å². The van der Waals surface area contributed by atoms with E-state index >= 15 is 0 Å². The van der Waals surface area contributed by atoms with E-state index < -0.39 is 11.5 Å². The van der Waals surface area contributed by atoms with Gasteiger partial charge in [0.25, 0.3) is 0 Å². The van der Waals surface area contributed by atoms with E-state index in [4.69, 9.17) is 0 Å². The molecule has 0 heterocycles. The van der Waals surface area contributed by atoms with E-state index in [2.05, 4.69) is 45.0 Å². The summed E-state index contributed by atoms with van der Waals surface area (Å²) in [5, 5.41) is 12.5. The largest absolute Gasteiger partial charge is 0.480 e. The van der Waals surface area contributed by atoms with Gasteiger partial charge in [-0.25, -0.2) is 0 Å². The van der Waals surface area contributed by atoms with Crippen LogP contribution in [0.3, 0.4) is 0 Å². The van der Waals surface area contributed by atoms with Crippen LogP contribution in [-0.4, -0.2) is 47.7 Å². The molecule has 2 unspecified atom stereocenters. The Balaban J connectivity index is 4.20. The molecule has 0 aliphatic heterocycles. The molecule has 120 valence electrons. The van der Waals surface area contributed by atoms with E-state index in [1.54, 1.807) is 6.92 Å². The molecule has 20 heavy (non-hydrogen) atoms.